The Morgan fingerprint density at radius 2 is 1.61 bits per heavy atom. The summed E-state index contributed by atoms with van der Waals surface area (Å²) in [5, 5.41) is 10.5. The highest BCUT2D eigenvalue weighted by Gasteiger charge is 2.22. The first-order valence-corrected chi connectivity index (χ1v) is 11.6. The van der Waals surface area contributed by atoms with Gasteiger partial charge in [-0.25, -0.2) is 0 Å². The number of benzene rings is 3. The maximum absolute atomic E-state index is 12.6. The monoisotopic (exact) mass is 537 g/mol. The van der Waals surface area contributed by atoms with Crippen LogP contribution in [0.1, 0.15) is 11.1 Å². The second-order valence-corrected chi connectivity index (χ2v) is 9.48. The number of allylic oxidation sites excluding steroid dienone is 1. The molecule has 158 valence electrons. The van der Waals surface area contributed by atoms with Crippen molar-refractivity contribution in [1.29, 1.82) is 5.26 Å². The van der Waals surface area contributed by atoms with E-state index in [-0.39, 0.29) is 16.4 Å². The van der Waals surface area contributed by atoms with E-state index in [2.05, 4.69) is 22.0 Å². The third kappa shape index (κ3) is 5.60. The summed E-state index contributed by atoms with van der Waals surface area (Å²) in [6.07, 6.45) is 1.65. The summed E-state index contributed by atoms with van der Waals surface area (Å²) in [4.78, 5) is -0.0515. The van der Waals surface area contributed by atoms with E-state index in [0.29, 0.717) is 31.2 Å². The minimum atomic E-state index is -4.12. The zero-order valence-corrected chi connectivity index (χ0v) is 19.9. The fraction of sp³-hybridized carbons (Fsp3) is 0.0455. The van der Waals surface area contributed by atoms with E-state index < -0.39 is 10.1 Å². The normalized spacial score (nSPS) is 11.6. The zero-order valence-electron chi connectivity index (χ0n) is 16.0. The largest absolute Gasteiger partial charge is 0.493 e. The molecule has 3 aromatic rings. The second-order valence-electron chi connectivity index (χ2n) is 6.20. The van der Waals surface area contributed by atoms with Crippen molar-refractivity contribution in [2.45, 2.75) is 4.90 Å². The van der Waals surface area contributed by atoms with Crippen LogP contribution in [-0.4, -0.2) is 15.5 Å². The molecule has 0 radical (unpaired) electrons. The number of ether oxygens (including phenoxy) is 1. The first-order valence-electron chi connectivity index (χ1n) is 8.69. The summed E-state index contributed by atoms with van der Waals surface area (Å²) >= 11 is 15.1. The minimum absolute atomic E-state index is 0.0143. The van der Waals surface area contributed by atoms with Crippen molar-refractivity contribution in [1.82, 2.24) is 0 Å². The number of hydrogen-bond acceptors (Lipinski definition) is 5. The quantitative estimate of drug-likeness (QED) is 0.201. The fourth-order valence-electron chi connectivity index (χ4n) is 2.64. The van der Waals surface area contributed by atoms with Crippen molar-refractivity contribution in [2.24, 2.45) is 0 Å². The molecule has 5 nitrogen and oxygen atoms in total. The van der Waals surface area contributed by atoms with Crippen molar-refractivity contribution < 1.29 is 17.3 Å². The highest BCUT2D eigenvalue weighted by atomic mass is 79.9. The molecule has 0 saturated heterocycles. The van der Waals surface area contributed by atoms with Gasteiger partial charge in [0, 0.05) is 10.0 Å². The van der Waals surface area contributed by atoms with E-state index >= 15 is 0 Å². The Balaban J connectivity index is 1.99. The molecule has 0 heterocycles. The van der Waals surface area contributed by atoms with Crippen LogP contribution in [0.15, 0.2) is 70.0 Å². The van der Waals surface area contributed by atoms with Gasteiger partial charge in [-0.1, -0.05) is 35.3 Å². The van der Waals surface area contributed by atoms with E-state index in [1.807, 2.05) is 0 Å². The molecule has 0 spiro atoms. The van der Waals surface area contributed by atoms with Gasteiger partial charge < -0.3 is 8.92 Å². The Morgan fingerprint density at radius 3 is 2.16 bits per heavy atom. The van der Waals surface area contributed by atoms with Gasteiger partial charge >= 0.3 is 10.1 Å². The molecule has 0 N–H and O–H groups in total. The number of nitriles is 1. The molecule has 0 saturated carbocycles. The Labute approximate surface area is 198 Å². The molecule has 0 aliphatic heterocycles. The molecule has 0 fully saturated rings. The van der Waals surface area contributed by atoms with Gasteiger partial charge in [-0.05, 0) is 81.7 Å². The standard InChI is InChI=1S/C22H14BrCl2NO4S/c1-29-21-12-14(10-16(13-26)15-2-4-17(24)5-3-15)11-20(23)22(21)30-31(27,28)19-8-6-18(25)7-9-19/h2-12H,1H3/b16-10+. The van der Waals surface area contributed by atoms with Gasteiger partial charge in [-0.3, -0.25) is 0 Å². The van der Waals surface area contributed by atoms with E-state index in [9.17, 15) is 13.7 Å². The maximum Gasteiger partial charge on any atom is 0.339 e. The molecule has 31 heavy (non-hydrogen) atoms. The summed E-state index contributed by atoms with van der Waals surface area (Å²) in [5.41, 5.74) is 1.69. The van der Waals surface area contributed by atoms with Crippen LogP contribution in [0, 0.1) is 11.3 Å². The lowest BCUT2D eigenvalue weighted by Gasteiger charge is -2.13. The van der Waals surface area contributed by atoms with Gasteiger partial charge in [0.2, 0.25) is 0 Å². The number of rotatable bonds is 6. The molecule has 9 heteroatoms. The maximum atomic E-state index is 12.6. The van der Waals surface area contributed by atoms with Crippen LogP contribution in [-0.2, 0) is 10.1 Å². The lowest BCUT2D eigenvalue weighted by molar-refractivity contribution is 0.389. The average molecular weight is 539 g/mol. The van der Waals surface area contributed by atoms with E-state index in [4.69, 9.17) is 32.1 Å². The van der Waals surface area contributed by atoms with Gasteiger partial charge in [0.15, 0.2) is 11.5 Å². The molecule has 3 aromatic carbocycles. The summed E-state index contributed by atoms with van der Waals surface area (Å²) in [6, 6.07) is 17.8. The predicted octanol–water partition coefficient (Wildman–Crippen LogP) is 6.60. The summed E-state index contributed by atoms with van der Waals surface area (Å²) in [6.45, 7) is 0. The molecule has 3 rings (SSSR count). The molecular weight excluding hydrogens is 525 g/mol. The van der Waals surface area contributed by atoms with Crippen LogP contribution in [0.5, 0.6) is 11.5 Å². The molecule has 0 aliphatic rings. The van der Waals surface area contributed by atoms with Crippen molar-refractivity contribution in [3.8, 4) is 17.6 Å². The van der Waals surface area contributed by atoms with Crippen molar-refractivity contribution in [3.63, 3.8) is 0 Å². The lowest BCUT2D eigenvalue weighted by atomic mass is 10.0. The molecule has 0 unspecified atom stereocenters. The first-order chi connectivity index (χ1) is 14.7. The SMILES string of the molecule is COc1cc(/C=C(\C#N)c2ccc(Cl)cc2)cc(Br)c1OS(=O)(=O)c1ccc(Cl)cc1. The van der Waals surface area contributed by atoms with E-state index in [1.165, 1.54) is 31.4 Å². The van der Waals surface area contributed by atoms with Crippen molar-refractivity contribution in [3.05, 3.63) is 86.3 Å². The number of methoxy groups -OCH3 is 1. The highest BCUT2D eigenvalue weighted by molar-refractivity contribution is 9.10. The highest BCUT2D eigenvalue weighted by Crippen LogP contribution is 2.39. The van der Waals surface area contributed by atoms with Crippen LogP contribution >= 0.6 is 39.1 Å². The number of halogens is 3. The Bertz CT molecular complexity index is 1280. The summed E-state index contributed by atoms with van der Waals surface area (Å²) in [5.74, 6) is 0.158. The topological polar surface area (TPSA) is 76.4 Å². The van der Waals surface area contributed by atoms with Crippen LogP contribution in [0.3, 0.4) is 0 Å². The van der Waals surface area contributed by atoms with Crippen LogP contribution in [0.4, 0.5) is 0 Å². The lowest BCUT2D eigenvalue weighted by Crippen LogP contribution is -2.11. The first kappa shape index (κ1) is 23.2. The fourth-order valence-corrected chi connectivity index (χ4v) is 4.50. The second kappa shape index (κ2) is 9.75. The van der Waals surface area contributed by atoms with E-state index in [1.54, 1.807) is 42.5 Å². The molecule has 0 aromatic heterocycles. The molecule has 0 aliphatic carbocycles. The Morgan fingerprint density at radius 1 is 1.03 bits per heavy atom. The average Bonchev–Trinajstić information content (AvgIpc) is 2.74. The smallest absolute Gasteiger partial charge is 0.339 e. The Kier molecular flexibility index (Phi) is 7.29. The molecule has 0 amide bonds. The van der Waals surface area contributed by atoms with Crippen molar-refractivity contribution in [2.75, 3.05) is 7.11 Å². The van der Waals surface area contributed by atoms with Crippen LogP contribution in [0.2, 0.25) is 10.0 Å². The van der Waals surface area contributed by atoms with Gasteiger partial charge in [-0.15, -0.1) is 0 Å². The predicted molar refractivity (Wildman–Crippen MR) is 125 cm³/mol. The van der Waals surface area contributed by atoms with Gasteiger partial charge in [-0.2, -0.15) is 13.7 Å². The third-order valence-corrected chi connectivity index (χ3v) is 6.46. The van der Waals surface area contributed by atoms with Gasteiger partial charge in [0.05, 0.1) is 23.2 Å². The molecule has 0 atom stereocenters. The third-order valence-electron chi connectivity index (χ3n) is 4.13. The zero-order chi connectivity index (χ0) is 22.6. The van der Waals surface area contributed by atoms with E-state index in [0.717, 1.165) is 0 Å². The summed E-state index contributed by atoms with van der Waals surface area (Å²) in [7, 11) is -2.73. The number of nitrogens with zero attached hydrogens (tertiary/aromatic N) is 1. The Hall–Kier alpha value is -2.50. The molecular formula is C22H14BrCl2NO4S. The summed E-state index contributed by atoms with van der Waals surface area (Å²) < 4.78 is 36.3. The number of hydrogen-bond donors (Lipinski definition) is 0. The van der Waals surface area contributed by atoms with Crippen molar-refractivity contribution >= 4 is 60.9 Å². The van der Waals surface area contributed by atoms with Gasteiger partial charge in [0.25, 0.3) is 0 Å². The minimum Gasteiger partial charge on any atom is -0.493 e. The van der Waals surface area contributed by atoms with Crippen LogP contribution in [0.25, 0.3) is 11.6 Å². The molecule has 0 bridgehead atoms. The van der Waals surface area contributed by atoms with Crippen LogP contribution < -0.4 is 8.92 Å². The van der Waals surface area contributed by atoms with Gasteiger partial charge in [0.1, 0.15) is 4.90 Å².